The summed E-state index contributed by atoms with van der Waals surface area (Å²) in [6, 6.07) is 7.95. The first-order valence-electron chi connectivity index (χ1n) is 5.86. The van der Waals surface area contributed by atoms with E-state index in [1.807, 2.05) is 31.3 Å². The van der Waals surface area contributed by atoms with Crippen molar-refractivity contribution in [2.24, 2.45) is 0 Å². The number of hydrogen-bond donors (Lipinski definition) is 0. The van der Waals surface area contributed by atoms with Gasteiger partial charge in [-0.15, -0.1) is 11.3 Å². The van der Waals surface area contributed by atoms with E-state index < -0.39 is 0 Å². The van der Waals surface area contributed by atoms with Crippen LogP contribution in [0.3, 0.4) is 0 Å². The van der Waals surface area contributed by atoms with Gasteiger partial charge in [0.25, 0.3) is 0 Å². The van der Waals surface area contributed by atoms with Crippen molar-refractivity contribution in [3.05, 3.63) is 29.3 Å². The van der Waals surface area contributed by atoms with Crippen molar-refractivity contribution >= 4 is 27.3 Å². The van der Waals surface area contributed by atoms with Crippen LogP contribution in [0.5, 0.6) is 0 Å². The molecule has 1 atom stereocenters. The number of carbonyl (C=O) groups is 1. The summed E-state index contributed by atoms with van der Waals surface area (Å²) in [4.78, 5) is 18.9. The van der Waals surface area contributed by atoms with Gasteiger partial charge in [-0.3, -0.25) is 9.69 Å². The summed E-state index contributed by atoms with van der Waals surface area (Å²) >= 11 is 1.51. The number of nitrogens with zero attached hydrogens (tertiary/aromatic N) is 2. The van der Waals surface area contributed by atoms with E-state index in [-0.39, 0.29) is 11.8 Å². The second-order valence-electron chi connectivity index (χ2n) is 4.49. The van der Waals surface area contributed by atoms with Crippen LogP contribution in [0.25, 0.3) is 10.2 Å². The zero-order valence-electron chi connectivity index (χ0n) is 9.72. The fourth-order valence-corrected chi connectivity index (χ4v) is 3.32. The molecule has 1 fully saturated rings. The first-order valence-corrected chi connectivity index (χ1v) is 6.67. The van der Waals surface area contributed by atoms with Gasteiger partial charge in [0.15, 0.2) is 5.01 Å². The molecule has 0 N–H and O–H groups in total. The summed E-state index contributed by atoms with van der Waals surface area (Å²) in [5, 5.41) is 0.657. The molecule has 3 rings (SSSR count). The topological polar surface area (TPSA) is 33.2 Å². The van der Waals surface area contributed by atoms with E-state index in [9.17, 15) is 4.79 Å². The molecule has 4 heteroatoms. The molecule has 0 saturated carbocycles. The molecule has 0 unspecified atom stereocenters. The van der Waals surface area contributed by atoms with Gasteiger partial charge >= 0.3 is 0 Å². The molecule has 2 aromatic rings. The van der Waals surface area contributed by atoms with Crippen LogP contribution in [0, 0.1) is 0 Å². The lowest BCUT2D eigenvalue weighted by Gasteiger charge is -2.16. The highest BCUT2D eigenvalue weighted by atomic mass is 32.1. The van der Waals surface area contributed by atoms with Crippen molar-refractivity contribution < 1.29 is 4.79 Å². The highest BCUT2D eigenvalue weighted by molar-refractivity contribution is 7.20. The predicted octanol–water partition coefficient (Wildman–Crippen LogP) is 2.57. The van der Waals surface area contributed by atoms with E-state index >= 15 is 0 Å². The van der Waals surface area contributed by atoms with Gasteiger partial charge in [0.1, 0.15) is 0 Å². The zero-order chi connectivity index (χ0) is 11.8. The van der Waals surface area contributed by atoms with Crippen molar-refractivity contribution in [2.45, 2.75) is 18.9 Å². The van der Waals surface area contributed by atoms with Gasteiger partial charge in [-0.25, -0.2) is 4.98 Å². The summed E-state index contributed by atoms with van der Waals surface area (Å²) in [5.74, 6) is 0.186. The van der Waals surface area contributed by atoms with Crippen molar-refractivity contribution in [1.29, 1.82) is 0 Å². The van der Waals surface area contributed by atoms with Crippen LogP contribution < -0.4 is 0 Å². The van der Waals surface area contributed by atoms with E-state index in [1.54, 1.807) is 0 Å². The van der Waals surface area contributed by atoms with E-state index in [0.717, 1.165) is 29.6 Å². The second-order valence-corrected chi connectivity index (χ2v) is 5.52. The number of fused-ring (bicyclic) bond motifs is 1. The Bertz CT molecular complexity index is 530. The Morgan fingerprint density at radius 3 is 3.00 bits per heavy atom. The molecular formula is C13H14N2OS. The van der Waals surface area contributed by atoms with Gasteiger partial charge in [-0.1, -0.05) is 12.1 Å². The van der Waals surface area contributed by atoms with Crippen LogP contribution in [-0.4, -0.2) is 35.3 Å². The minimum Gasteiger partial charge on any atom is -0.296 e. The fraction of sp³-hybridized carbons (Fsp3) is 0.385. The number of para-hydroxylation sites is 1. The Balaban J connectivity index is 1.95. The Hall–Kier alpha value is -1.26. The van der Waals surface area contributed by atoms with Crippen LogP contribution >= 0.6 is 11.3 Å². The van der Waals surface area contributed by atoms with Gasteiger partial charge < -0.3 is 0 Å². The SMILES string of the molecule is CN1CCC[C@H]1C(=O)c1nc2ccccc2s1. The van der Waals surface area contributed by atoms with Crippen LogP contribution in [0.15, 0.2) is 24.3 Å². The minimum atomic E-state index is 0.0376. The predicted molar refractivity (Wildman–Crippen MR) is 69.6 cm³/mol. The summed E-state index contributed by atoms with van der Waals surface area (Å²) < 4.78 is 1.09. The Labute approximate surface area is 104 Å². The molecule has 1 aromatic carbocycles. The summed E-state index contributed by atoms with van der Waals surface area (Å²) in [6.07, 6.45) is 2.07. The number of likely N-dealkylation sites (N-methyl/N-ethyl adjacent to an activating group) is 1. The van der Waals surface area contributed by atoms with E-state index in [2.05, 4.69) is 9.88 Å². The molecule has 0 amide bonds. The van der Waals surface area contributed by atoms with E-state index in [4.69, 9.17) is 0 Å². The van der Waals surface area contributed by atoms with E-state index in [0.29, 0.717) is 5.01 Å². The van der Waals surface area contributed by atoms with Gasteiger partial charge in [0.2, 0.25) is 5.78 Å². The third-order valence-corrected chi connectivity index (χ3v) is 4.38. The number of rotatable bonds is 2. The Morgan fingerprint density at radius 1 is 1.47 bits per heavy atom. The molecule has 0 bridgehead atoms. The summed E-state index contributed by atoms with van der Waals surface area (Å²) in [7, 11) is 2.02. The Kier molecular flexibility index (Phi) is 2.68. The molecule has 1 aromatic heterocycles. The monoisotopic (exact) mass is 246 g/mol. The normalized spacial score (nSPS) is 21.1. The zero-order valence-corrected chi connectivity index (χ0v) is 10.5. The molecular weight excluding hydrogens is 232 g/mol. The van der Waals surface area contributed by atoms with Gasteiger partial charge in [0, 0.05) is 0 Å². The van der Waals surface area contributed by atoms with Crippen LogP contribution in [-0.2, 0) is 0 Å². The van der Waals surface area contributed by atoms with Crippen LogP contribution in [0.1, 0.15) is 22.6 Å². The molecule has 3 nitrogen and oxygen atoms in total. The van der Waals surface area contributed by atoms with Crippen LogP contribution in [0.4, 0.5) is 0 Å². The number of hydrogen-bond acceptors (Lipinski definition) is 4. The van der Waals surface area contributed by atoms with Gasteiger partial charge in [0.05, 0.1) is 16.3 Å². The molecule has 1 saturated heterocycles. The molecule has 1 aliphatic rings. The van der Waals surface area contributed by atoms with Crippen molar-refractivity contribution in [3.63, 3.8) is 0 Å². The number of aromatic nitrogens is 1. The van der Waals surface area contributed by atoms with Gasteiger partial charge in [-0.05, 0) is 38.6 Å². The summed E-state index contributed by atoms with van der Waals surface area (Å²) in [5.41, 5.74) is 0.932. The molecule has 88 valence electrons. The highest BCUT2D eigenvalue weighted by Gasteiger charge is 2.30. The first kappa shape index (κ1) is 10.9. The lowest BCUT2D eigenvalue weighted by atomic mass is 10.1. The highest BCUT2D eigenvalue weighted by Crippen LogP contribution is 2.26. The number of benzene rings is 1. The maximum absolute atomic E-state index is 12.3. The first-order chi connectivity index (χ1) is 8.25. The van der Waals surface area contributed by atoms with Gasteiger partial charge in [-0.2, -0.15) is 0 Å². The van der Waals surface area contributed by atoms with E-state index in [1.165, 1.54) is 11.3 Å². The molecule has 0 radical (unpaired) electrons. The third kappa shape index (κ3) is 1.87. The average molecular weight is 246 g/mol. The number of carbonyl (C=O) groups excluding carboxylic acids is 1. The second kappa shape index (κ2) is 4.20. The quantitative estimate of drug-likeness (QED) is 0.764. The maximum atomic E-state index is 12.3. The Morgan fingerprint density at radius 2 is 2.29 bits per heavy atom. The molecule has 0 aliphatic carbocycles. The largest absolute Gasteiger partial charge is 0.296 e. The minimum absolute atomic E-state index is 0.0376. The van der Waals surface area contributed by atoms with Crippen molar-refractivity contribution in [2.75, 3.05) is 13.6 Å². The van der Waals surface area contributed by atoms with Crippen molar-refractivity contribution in [3.8, 4) is 0 Å². The lowest BCUT2D eigenvalue weighted by Crippen LogP contribution is -2.32. The summed E-state index contributed by atoms with van der Waals surface area (Å²) in [6.45, 7) is 1.02. The van der Waals surface area contributed by atoms with Crippen LogP contribution in [0.2, 0.25) is 0 Å². The average Bonchev–Trinajstić information content (AvgIpc) is 2.93. The molecule has 2 heterocycles. The smallest absolute Gasteiger partial charge is 0.208 e. The number of ketones is 1. The van der Waals surface area contributed by atoms with Crippen molar-refractivity contribution in [1.82, 2.24) is 9.88 Å². The molecule has 1 aliphatic heterocycles. The fourth-order valence-electron chi connectivity index (χ4n) is 2.36. The molecule has 0 spiro atoms. The maximum Gasteiger partial charge on any atom is 0.208 e. The molecule has 17 heavy (non-hydrogen) atoms. The lowest BCUT2D eigenvalue weighted by molar-refractivity contribution is 0.0890. The number of likely N-dealkylation sites (tertiary alicyclic amines) is 1. The number of Topliss-reactive ketones (excluding diaryl/α,β-unsaturated/α-hetero) is 1. The standard InChI is InChI=1S/C13H14N2OS/c1-15-8-4-6-10(15)12(16)13-14-9-5-2-3-7-11(9)17-13/h2-3,5,7,10H,4,6,8H2,1H3/t10-/m0/s1. The third-order valence-electron chi connectivity index (χ3n) is 3.33. The number of thiazole rings is 1.